The van der Waals surface area contributed by atoms with E-state index in [4.69, 9.17) is 4.74 Å². The van der Waals surface area contributed by atoms with Crippen LogP contribution in [0.25, 0.3) is 0 Å². The van der Waals surface area contributed by atoms with Gasteiger partial charge in [-0.3, -0.25) is 9.78 Å². The van der Waals surface area contributed by atoms with Gasteiger partial charge in [-0.25, -0.2) is 8.78 Å². The average Bonchev–Trinajstić information content (AvgIpc) is 2.66. The Morgan fingerprint density at radius 1 is 1.00 bits per heavy atom. The fourth-order valence-corrected chi connectivity index (χ4v) is 2.48. The number of carbonyl (C=O) groups is 1. The summed E-state index contributed by atoms with van der Waals surface area (Å²) in [7, 11) is 0. The first kappa shape index (κ1) is 19.3. The van der Waals surface area contributed by atoms with Crippen LogP contribution in [0.2, 0.25) is 0 Å². The van der Waals surface area contributed by atoms with Crippen LogP contribution in [0.15, 0.2) is 60.8 Å². The van der Waals surface area contributed by atoms with E-state index in [0.717, 1.165) is 23.6 Å². The Morgan fingerprint density at radius 3 is 2.32 bits per heavy atom. The van der Waals surface area contributed by atoms with Crippen molar-refractivity contribution in [3.8, 4) is 5.75 Å². The molecule has 3 aromatic rings. The molecule has 1 amide bonds. The highest BCUT2D eigenvalue weighted by Crippen LogP contribution is 2.22. The zero-order valence-corrected chi connectivity index (χ0v) is 15.4. The van der Waals surface area contributed by atoms with Gasteiger partial charge in [-0.2, -0.15) is 0 Å². The summed E-state index contributed by atoms with van der Waals surface area (Å²) in [4.78, 5) is 16.3. The van der Waals surface area contributed by atoms with Crippen molar-refractivity contribution in [1.29, 1.82) is 0 Å². The lowest BCUT2D eigenvalue weighted by atomic mass is 10.2. The van der Waals surface area contributed by atoms with Gasteiger partial charge in [0.15, 0.2) is 0 Å². The van der Waals surface area contributed by atoms with E-state index in [1.165, 1.54) is 18.3 Å². The fraction of sp³-hybridized carbons (Fsp3) is 0.143. The topological polar surface area (TPSA) is 63.2 Å². The van der Waals surface area contributed by atoms with Gasteiger partial charge in [0.25, 0.3) is 5.91 Å². The smallest absolute Gasteiger partial charge is 0.274 e. The van der Waals surface area contributed by atoms with Gasteiger partial charge in [0.2, 0.25) is 0 Å². The summed E-state index contributed by atoms with van der Waals surface area (Å²) in [5.41, 5.74) is 0.904. The molecule has 0 saturated heterocycles. The third-order valence-corrected chi connectivity index (χ3v) is 3.71. The van der Waals surface area contributed by atoms with Gasteiger partial charge in [0.1, 0.15) is 28.8 Å². The number of carbonyl (C=O) groups excluding carboxylic acids is 1. The van der Waals surface area contributed by atoms with Crippen molar-refractivity contribution in [2.45, 2.75) is 20.0 Å². The second-order valence-electron chi connectivity index (χ2n) is 6.30. The van der Waals surface area contributed by atoms with Crippen LogP contribution < -0.4 is 15.4 Å². The molecule has 28 heavy (non-hydrogen) atoms. The molecule has 0 fully saturated rings. The summed E-state index contributed by atoms with van der Waals surface area (Å²) >= 11 is 0. The molecule has 1 heterocycles. The van der Waals surface area contributed by atoms with Gasteiger partial charge in [0, 0.05) is 17.6 Å². The predicted octanol–water partition coefficient (Wildman–Crippen LogP) is 5.14. The molecule has 0 saturated carbocycles. The number of pyridine rings is 1. The Labute approximate surface area is 161 Å². The van der Waals surface area contributed by atoms with E-state index in [0.29, 0.717) is 5.69 Å². The summed E-state index contributed by atoms with van der Waals surface area (Å²) < 4.78 is 33.0. The van der Waals surface area contributed by atoms with E-state index in [9.17, 15) is 13.6 Å². The van der Waals surface area contributed by atoms with Gasteiger partial charge >= 0.3 is 0 Å². The molecule has 0 aliphatic carbocycles. The number of nitrogens with zero attached hydrogens (tertiary/aromatic N) is 1. The number of aromatic nitrogens is 1. The van der Waals surface area contributed by atoms with Crippen LogP contribution in [0.3, 0.4) is 0 Å². The average molecular weight is 383 g/mol. The molecule has 0 unspecified atom stereocenters. The summed E-state index contributed by atoms with van der Waals surface area (Å²) in [6.45, 7) is 3.89. The van der Waals surface area contributed by atoms with Crippen LogP contribution in [0, 0.1) is 11.6 Å². The largest absolute Gasteiger partial charge is 0.491 e. The highest BCUT2D eigenvalue weighted by molar-refractivity contribution is 6.03. The maximum atomic E-state index is 13.7. The molecule has 2 aromatic carbocycles. The van der Waals surface area contributed by atoms with Crippen LogP contribution in [0.4, 0.5) is 25.8 Å². The molecule has 144 valence electrons. The number of anilines is 3. The standard InChI is InChI=1S/C21H19F2N3O2/c1-13(2)28-16-8-6-14(7-9-16)25-15-10-11-24-19(12-15)21(27)26-20-17(22)4-3-5-18(20)23/h3-13H,1-2H3,(H,24,25)(H,26,27). The minimum atomic E-state index is -0.855. The Balaban J connectivity index is 1.72. The molecule has 0 spiro atoms. The molecule has 7 heteroatoms. The van der Waals surface area contributed by atoms with Crippen LogP contribution in [0.5, 0.6) is 5.75 Å². The van der Waals surface area contributed by atoms with Crippen LogP contribution in [-0.4, -0.2) is 17.0 Å². The van der Waals surface area contributed by atoms with Crippen molar-refractivity contribution in [2.24, 2.45) is 0 Å². The van der Waals surface area contributed by atoms with E-state index >= 15 is 0 Å². The normalized spacial score (nSPS) is 10.6. The van der Waals surface area contributed by atoms with Crippen LogP contribution in [-0.2, 0) is 0 Å². The molecular weight excluding hydrogens is 364 g/mol. The quantitative estimate of drug-likeness (QED) is 0.618. The van der Waals surface area contributed by atoms with Gasteiger partial charge in [-0.05, 0) is 62.4 Å². The predicted molar refractivity (Wildman–Crippen MR) is 104 cm³/mol. The Morgan fingerprint density at radius 2 is 1.68 bits per heavy atom. The van der Waals surface area contributed by atoms with Gasteiger partial charge in [-0.15, -0.1) is 0 Å². The first-order valence-electron chi connectivity index (χ1n) is 8.67. The number of rotatable bonds is 6. The highest BCUT2D eigenvalue weighted by atomic mass is 19.1. The number of halogens is 2. The lowest BCUT2D eigenvalue weighted by molar-refractivity contribution is 0.102. The van der Waals surface area contributed by atoms with Gasteiger partial charge in [-0.1, -0.05) is 6.07 Å². The maximum Gasteiger partial charge on any atom is 0.274 e. The number of benzene rings is 2. The number of nitrogens with one attached hydrogen (secondary N) is 2. The lowest BCUT2D eigenvalue weighted by Gasteiger charge is -2.12. The number of hydrogen-bond donors (Lipinski definition) is 2. The lowest BCUT2D eigenvalue weighted by Crippen LogP contribution is -2.16. The number of para-hydroxylation sites is 1. The van der Waals surface area contributed by atoms with Crippen molar-refractivity contribution in [3.63, 3.8) is 0 Å². The first-order valence-corrected chi connectivity index (χ1v) is 8.67. The van der Waals surface area contributed by atoms with Crippen molar-refractivity contribution in [2.75, 3.05) is 10.6 Å². The maximum absolute atomic E-state index is 13.7. The number of amides is 1. The monoisotopic (exact) mass is 383 g/mol. The molecular formula is C21H19F2N3O2. The van der Waals surface area contributed by atoms with Crippen molar-refractivity contribution >= 4 is 23.0 Å². The molecule has 0 bridgehead atoms. The van der Waals surface area contributed by atoms with E-state index in [2.05, 4.69) is 15.6 Å². The zero-order valence-electron chi connectivity index (χ0n) is 15.4. The van der Waals surface area contributed by atoms with Crippen molar-refractivity contribution < 1.29 is 18.3 Å². The second-order valence-corrected chi connectivity index (χ2v) is 6.30. The Bertz CT molecular complexity index is 955. The molecule has 0 radical (unpaired) electrons. The van der Waals surface area contributed by atoms with Gasteiger partial charge < -0.3 is 15.4 Å². The fourth-order valence-electron chi connectivity index (χ4n) is 2.48. The third-order valence-electron chi connectivity index (χ3n) is 3.71. The minimum Gasteiger partial charge on any atom is -0.491 e. The van der Waals surface area contributed by atoms with E-state index in [-0.39, 0.29) is 11.8 Å². The third kappa shape index (κ3) is 4.82. The Kier molecular flexibility index (Phi) is 5.84. The summed E-state index contributed by atoms with van der Waals surface area (Å²) in [6.07, 6.45) is 1.52. The van der Waals surface area contributed by atoms with Crippen molar-refractivity contribution in [3.05, 3.63) is 78.1 Å². The first-order chi connectivity index (χ1) is 13.4. The zero-order chi connectivity index (χ0) is 20.1. The second kappa shape index (κ2) is 8.47. The molecule has 1 aromatic heterocycles. The Hall–Kier alpha value is -3.48. The van der Waals surface area contributed by atoms with Crippen molar-refractivity contribution in [1.82, 2.24) is 4.98 Å². The van der Waals surface area contributed by atoms with Crippen LogP contribution in [0.1, 0.15) is 24.3 Å². The minimum absolute atomic E-state index is 0.0208. The summed E-state index contributed by atoms with van der Waals surface area (Å²) in [6, 6.07) is 13.9. The molecule has 3 rings (SSSR count). The SMILES string of the molecule is CC(C)Oc1ccc(Nc2ccnc(C(=O)Nc3c(F)cccc3F)c2)cc1. The molecule has 0 aliphatic heterocycles. The number of ether oxygens (including phenoxy) is 1. The highest BCUT2D eigenvalue weighted by Gasteiger charge is 2.14. The van der Waals surface area contributed by atoms with E-state index in [1.807, 2.05) is 38.1 Å². The number of hydrogen-bond acceptors (Lipinski definition) is 4. The summed E-state index contributed by atoms with van der Waals surface area (Å²) in [5.74, 6) is -1.67. The van der Waals surface area contributed by atoms with Crippen LogP contribution >= 0.6 is 0 Å². The molecule has 0 aliphatic rings. The van der Waals surface area contributed by atoms with Gasteiger partial charge in [0.05, 0.1) is 6.10 Å². The summed E-state index contributed by atoms with van der Waals surface area (Å²) in [5, 5.41) is 5.36. The van der Waals surface area contributed by atoms with E-state index in [1.54, 1.807) is 6.07 Å². The molecule has 2 N–H and O–H groups in total. The molecule has 5 nitrogen and oxygen atoms in total. The van der Waals surface area contributed by atoms with E-state index < -0.39 is 23.2 Å². The molecule has 0 atom stereocenters.